The highest BCUT2D eigenvalue weighted by Gasteiger charge is 2.38. The highest BCUT2D eigenvalue weighted by atomic mass is 14.4. The Morgan fingerprint density at radius 1 is 0.250 bits per heavy atom. The van der Waals surface area contributed by atoms with Crippen molar-refractivity contribution in [2.75, 3.05) is 0 Å². The highest BCUT2D eigenvalue weighted by molar-refractivity contribution is 5.70. The fourth-order valence-electron chi connectivity index (χ4n) is 6.43. The molecule has 0 amide bonds. The van der Waals surface area contributed by atoms with Gasteiger partial charge >= 0.3 is 0 Å². The Bertz CT molecular complexity index is 1730. The predicted molar refractivity (Wildman–Crippen MR) is 186 cm³/mol. The number of hydrogen-bond acceptors (Lipinski definition) is 0. The van der Waals surface area contributed by atoms with E-state index < -0.39 is 5.41 Å². The Kier molecular flexibility index (Phi) is 7.49. The molecule has 0 bridgehead atoms. The zero-order chi connectivity index (χ0) is 29.8. The van der Waals surface area contributed by atoms with Crippen LogP contribution in [0.25, 0.3) is 33.4 Å². The van der Waals surface area contributed by atoms with Gasteiger partial charge < -0.3 is 0 Å². The lowest BCUT2D eigenvalue weighted by Gasteiger charge is -2.37. The Hall–Kier alpha value is -5.46. The van der Waals surface area contributed by atoms with Crippen LogP contribution in [0.15, 0.2) is 188 Å². The molecule has 0 aliphatic carbocycles. The number of rotatable bonds is 7. The van der Waals surface area contributed by atoms with E-state index in [1.165, 1.54) is 61.2 Å². The molecular weight excluding hydrogens is 528 g/mol. The van der Waals surface area contributed by atoms with Gasteiger partial charge in [-0.3, -0.25) is 0 Å². The Labute approximate surface area is 261 Å². The van der Waals surface area contributed by atoms with Crippen molar-refractivity contribution in [2.24, 2.45) is 0 Å². The standard InChI is InChI=1S/C44H34/c1-33-17-25-40(26-18-33)44(41-27-19-37(20-28-41)34-11-5-2-6-12-34,42-29-21-38(22-30-42)35-13-7-3-8-14-35)43-31-23-39(24-32-43)36-15-9-4-10-16-36/h2-32H,1H3. The van der Waals surface area contributed by atoms with E-state index in [4.69, 9.17) is 0 Å². The molecule has 0 aromatic heterocycles. The first-order valence-electron chi connectivity index (χ1n) is 15.3. The molecule has 0 heteroatoms. The summed E-state index contributed by atoms with van der Waals surface area (Å²) in [5.41, 5.74) is 13.0. The maximum Gasteiger partial charge on any atom is 0.0701 e. The summed E-state index contributed by atoms with van der Waals surface area (Å²) in [6.45, 7) is 2.16. The van der Waals surface area contributed by atoms with Gasteiger partial charge in [-0.1, -0.05) is 194 Å². The maximum atomic E-state index is 2.32. The molecule has 0 saturated heterocycles. The van der Waals surface area contributed by atoms with Gasteiger partial charge in [-0.05, 0) is 62.6 Å². The van der Waals surface area contributed by atoms with Crippen molar-refractivity contribution in [1.29, 1.82) is 0 Å². The van der Waals surface area contributed by atoms with Gasteiger partial charge in [0.15, 0.2) is 0 Å². The fraction of sp³-hybridized carbons (Fsp3) is 0.0455. The average molecular weight is 563 g/mol. The van der Waals surface area contributed by atoms with E-state index in [9.17, 15) is 0 Å². The second-order valence-electron chi connectivity index (χ2n) is 11.4. The molecule has 0 N–H and O–H groups in total. The van der Waals surface area contributed by atoms with Gasteiger partial charge in [0.1, 0.15) is 0 Å². The minimum Gasteiger partial charge on any atom is -0.0622 e. The molecule has 0 aliphatic heterocycles. The quantitative estimate of drug-likeness (QED) is 0.170. The van der Waals surface area contributed by atoms with Gasteiger partial charge in [-0.2, -0.15) is 0 Å². The van der Waals surface area contributed by atoms with E-state index in [1.54, 1.807) is 0 Å². The third-order valence-electron chi connectivity index (χ3n) is 8.76. The van der Waals surface area contributed by atoms with Crippen LogP contribution >= 0.6 is 0 Å². The second-order valence-corrected chi connectivity index (χ2v) is 11.4. The monoisotopic (exact) mass is 562 g/mol. The predicted octanol–water partition coefficient (Wildman–Crippen LogP) is 11.4. The van der Waals surface area contributed by atoms with Gasteiger partial charge in [0.25, 0.3) is 0 Å². The van der Waals surface area contributed by atoms with Crippen LogP contribution in [0.1, 0.15) is 27.8 Å². The molecule has 0 saturated carbocycles. The van der Waals surface area contributed by atoms with E-state index >= 15 is 0 Å². The first kappa shape index (κ1) is 27.4. The Morgan fingerprint density at radius 2 is 0.477 bits per heavy atom. The lowest BCUT2D eigenvalue weighted by atomic mass is 9.64. The maximum absolute atomic E-state index is 2.32. The summed E-state index contributed by atoms with van der Waals surface area (Å²) < 4.78 is 0. The van der Waals surface area contributed by atoms with Crippen LogP contribution in [0.2, 0.25) is 0 Å². The largest absolute Gasteiger partial charge is 0.0701 e. The van der Waals surface area contributed by atoms with Crippen LogP contribution in [-0.4, -0.2) is 0 Å². The van der Waals surface area contributed by atoms with E-state index in [0.717, 1.165) is 0 Å². The highest BCUT2D eigenvalue weighted by Crippen LogP contribution is 2.46. The van der Waals surface area contributed by atoms with Crippen LogP contribution in [0, 0.1) is 6.92 Å². The molecule has 0 nitrogen and oxygen atoms in total. The van der Waals surface area contributed by atoms with Crippen molar-refractivity contribution in [3.05, 3.63) is 216 Å². The van der Waals surface area contributed by atoms with Gasteiger partial charge in [-0.15, -0.1) is 0 Å². The topological polar surface area (TPSA) is 0 Å². The van der Waals surface area contributed by atoms with Crippen molar-refractivity contribution in [1.82, 2.24) is 0 Å². The average Bonchev–Trinajstić information content (AvgIpc) is 3.11. The second kappa shape index (κ2) is 12.0. The zero-order valence-electron chi connectivity index (χ0n) is 24.9. The smallest absolute Gasteiger partial charge is 0.0622 e. The molecule has 7 aromatic carbocycles. The molecule has 44 heavy (non-hydrogen) atoms. The van der Waals surface area contributed by atoms with Gasteiger partial charge in [-0.25, -0.2) is 0 Å². The Morgan fingerprint density at radius 3 is 0.750 bits per heavy atom. The molecule has 0 heterocycles. The SMILES string of the molecule is Cc1ccc(C(c2ccc(-c3ccccc3)cc2)(c2ccc(-c3ccccc3)cc2)c2ccc(-c3ccccc3)cc2)cc1. The first-order valence-corrected chi connectivity index (χ1v) is 15.3. The van der Waals surface area contributed by atoms with Gasteiger partial charge in [0.2, 0.25) is 0 Å². The van der Waals surface area contributed by atoms with Crippen LogP contribution in [0.5, 0.6) is 0 Å². The third-order valence-corrected chi connectivity index (χ3v) is 8.76. The summed E-state index contributed by atoms with van der Waals surface area (Å²) >= 11 is 0. The summed E-state index contributed by atoms with van der Waals surface area (Å²) in [5.74, 6) is 0. The number of aryl methyl sites for hydroxylation is 1. The van der Waals surface area contributed by atoms with Crippen molar-refractivity contribution in [2.45, 2.75) is 12.3 Å². The molecular formula is C44H34. The molecule has 0 fully saturated rings. The molecule has 7 aromatic rings. The number of hydrogen-bond donors (Lipinski definition) is 0. The van der Waals surface area contributed by atoms with E-state index in [-0.39, 0.29) is 0 Å². The van der Waals surface area contributed by atoms with Crippen molar-refractivity contribution >= 4 is 0 Å². The fourth-order valence-corrected chi connectivity index (χ4v) is 6.43. The molecule has 0 atom stereocenters. The molecule has 0 spiro atoms. The van der Waals surface area contributed by atoms with Crippen LogP contribution in [0.4, 0.5) is 0 Å². The molecule has 0 radical (unpaired) electrons. The Balaban J connectivity index is 1.45. The lowest BCUT2D eigenvalue weighted by Crippen LogP contribution is -2.31. The molecule has 0 unspecified atom stereocenters. The van der Waals surface area contributed by atoms with Crippen molar-refractivity contribution in [3.8, 4) is 33.4 Å². The first-order chi connectivity index (χ1) is 21.7. The summed E-state index contributed by atoms with van der Waals surface area (Å²) in [6, 6.07) is 68.4. The third kappa shape index (κ3) is 5.16. The summed E-state index contributed by atoms with van der Waals surface area (Å²) in [5, 5.41) is 0. The van der Waals surface area contributed by atoms with Crippen LogP contribution < -0.4 is 0 Å². The zero-order valence-corrected chi connectivity index (χ0v) is 24.9. The van der Waals surface area contributed by atoms with Crippen LogP contribution in [0.3, 0.4) is 0 Å². The van der Waals surface area contributed by atoms with E-state index in [0.29, 0.717) is 0 Å². The lowest BCUT2D eigenvalue weighted by molar-refractivity contribution is 0.745. The summed E-state index contributed by atoms with van der Waals surface area (Å²) in [7, 11) is 0. The van der Waals surface area contributed by atoms with E-state index in [2.05, 4.69) is 195 Å². The van der Waals surface area contributed by atoms with Crippen molar-refractivity contribution < 1.29 is 0 Å². The minimum absolute atomic E-state index is 0.520. The van der Waals surface area contributed by atoms with Crippen LogP contribution in [-0.2, 0) is 5.41 Å². The molecule has 210 valence electrons. The molecule has 7 rings (SSSR count). The van der Waals surface area contributed by atoms with Gasteiger partial charge in [0.05, 0.1) is 5.41 Å². The number of benzene rings is 7. The minimum atomic E-state index is -0.520. The van der Waals surface area contributed by atoms with Gasteiger partial charge in [0, 0.05) is 0 Å². The van der Waals surface area contributed by atoms with E-state index in [1.807, 2.05) is 0 Å². The summed E-state index contributed by atoms with van der Waals surface area (Å²) in [4.78, 5) is 0. The summed E-state index contributed by atoms with van der Waals surface area (Å²) in [6.07, 6.45) is 0. The normalized spacial score (nSPS) is 11.3. The van der Waals surface area contributed by atoms with Crippen molar-refractivity contribution in [3.63, 3.8) is 0 Å². The molecule has 0 aliphatic rings.